The van der Waals surface area contributed by atoms with E-state index in [1.807, 2.05) is 36.4 Å². The molecule has 98 valence electrons. The summed E-state index contributed by atoms with van der Waals surface area (Å²) in [5.74, 6) is 0.919. The Morgan fingerprint density at radius 2 is 1.95 bits per heavy atom. The highest BCUT2D eigenvalue weighted by Gasteiger charge is 2.10. The second kappa shape index (κ2) is 6.95. The molecule has 1 amide bonds. The maximum atomic E-state index is 12.2. The number of carbonyl (C=O) groups excluding carboxylic acids is 1. The minimum absolute atomic E-state index is 0.0339. The molecule has 2 rings (SSSR count). The zero-order valence-electron chi connectivity index (χ0n) is 10.8. The van der Waals surface area contributed by atoms with E-state index in [2.05, 4.69) is 17.2 Å². The Labute approximate surface area is 117 Å². The van der Waals surface area contributed by atoms with Crippen LogP contribution in [-0.2, 0) is 6.54 Å². The van der Waals surface area contributed by atoms with E-state index in [4.69, 9.17) is 0 Å². The van der Waals surface area contributed by atoms with E-state index >= 15 is 0 Å². The molecule has 0 saturated carbocycles. The molecule has 0 unspecified atom stereocenters. The van der Waals surface area contributed by atoms with Crippen LogP contribution in [0.1, 0.15) is 22.8 Å². The van der Waals surface area contributed by atoms with Crippen molar-refractivity contribution < 1.29 is 4.79 Å². The first kappa shape index (κ1) is 13.6. The maximum absolute atomic E-state index is 12.2. The number of nitrogens with zero attached hydrogens (tertiary/aromatic N) is 1. The number of amides is 1. The van der Waals surface area contributed by atoms with Crippen molar-refractivity contribution in [1.82, 2.24) is 10.3 Å². The van der Waals surface area contributed by atoms with Gasteiger partial charge in [0, 0.05) is 23.8 Å². The number of nitrogens with one attached hydrogen (secondary N) is 1. The summed E-state index contributed by atoms with van der Waals surface area (Å²) >= 11 is 1.68. The van der Waals surface area contributed by atoms with Crippen LogP contribution in [0.2, 0.25) is 0 Å². The summed E-state index contributed by atoms with van der Waals surface area (Å²) in [4.78, 5) is 17.2. The molecule has 0 atom stereocenters. The van der Waals surface area contributed by atoms with Crippen LogP contribution in [0.5, 0.6) is 0 Å². The van der Waals surface area contributed by atoms with Gasteiger partial charge in [0.1, 0.15) is 0 Å². The van der Waals surface area contributed by atoms with E-state index in [0.717, 1.165) is 21.8 Å². The fraction of sp³-hybridized carbons (Fsp3) is 0.200. The highest BCUT2D eigenvalue weighted by molar-refractivity contribution is 7.99. The van der Waals surface area contributed by atoms with E-state index in [0.29, 0.717) is 6.54 Å². The van der Waals surface area contributed by atoms with Crippen molar-refractivity contribution in [3.63, 3.8) is 0 Å². The van der Waals surface area contributed by atoms with Gasteiger partial charge in [0.2, 0.25) is 0 Å². The normalized spacial score (nSPS) is 10.2. The number of pyridine rings is 1. The second-order valence-corrected chi connectivity index (χ2v) is 5.27. The summed E-state index contributed by atoms with van der Waals surface area (Å²) in [6.07, 6.45) is 3.45. The smallest absolute Gasteiger partial charge is 0.252 e. The summed E-state index contributed by atoms with van der Waals surface area (Å²) in [5, 5.41) is 2.93. The average Bonchev–Trinajstić information content (AvgIpc) is 2.47. The number of benzene rings is 1. The molecule has 3 nitrogen and oxygen atoms in total. The number of hydrogen-bond acceptors (Lipinski definition) is 3. The lowest BCUT2D eigenvalue weighted by molar-refractivity contribution is 0.0948. The third-order valence-corrected chi connectivity index (χ3v) is 3.59. The lowest BCUT2D eigenvalue weighted by atomic mass is 10.2. The van der Waals surface area contributed by atoms with E-state index < -0.39 is 0 Å². The van der Waals surface area contributed by atoms with Gasteiger partial charge in [-0.25, -0.2) is 0 Å². The molecule has 1 aromatic heterocycles. The Hall–Kier alpha value is -1.81. The van der Waals surface area contributed by atoms with Crippen LogP contribution < -0.4 is 5.32 Å². The van der Waals surface area contributed by atoms with Gasteiger partial charge in [0.25, 0.3) is 5.91 Å². The van der Waals surface area contributed by atoms with Gasteiger partial charge < -0.3 is 5.32 Å². The first-order valence-corrected chi connectivity index (χ1v) is 7.18. The van der Waals surface area contributed by atoms with Crippen LogP contribution >= 0.6 is 11.8 Å². The van der Waals surface area contributed by atoms with Gasteiger partial charge in [0.15, 0.2) is 0 Å². The fourth-order valence-electron chi connectivity index (χ4n) is 1.71. The van der Waals surface area contributed by atoms with Crippen molar-refractivity contribution in [2.24, 2.45) is 0 Å². The molecule has 0 aliphatic heterocycles. The van der Waals surface area contributed by atoms with E-state index in [9.17, 15) is 4.79 Å². The first-order valence-electron chi connectivity index (χ1n) is 6.20. The summed E-state index contributed by atoms with van der Waals surface area (Å²) in [7, 11) is 0. The Bertz CT molecular complexity index is 543. The van der Waals surface area contributed by atoms with Gasteiger partial charge in [-0.05, 0) is 35.6 Å². The first-order chi connectivity index (χ1) is 9.31. The number of aromatic nitrogens is 1. The Kier molecular flexibility index (Phi) is 4.98. The van der Waals surface area contributed by atoms with Gasteiger partial charge in [-0.2, -0.15) is 0 Å². The van der Waals surface area contributed by atoms with E-state index in [-0.39, 0.29) is 5.91 Å². The number of hydrogen-bond donors (Lipinski definition) is 1. The van der Waals surface area contributed by atoms with Crippen LogP contribution in [0, 0.1) is 0 Å². The standard InChI is InChI=1S/C15H16N2OS/c1-2-19-14-6-4-3-5-13(14)15(18)17-11-12-7-9-16-10-8-12/h3-10H,2,11H2,1H3,(H,17,18). The predicted octanol–water partition coefficient (Wildman–Crippen LogP) is 3.12. The second-order valence-electron chi connectivity index (χ2n) is 3.97. The quantitative estimate of drug-likeness (QED) is 0.850. The maximum Gasteiger partial charge on any atom is 0.252 e. The minimum Gasteiger partial charge on any atom is -0.348 e. The average molecular weight is 272 g/mol. The molecule has 0 bridgehead atoms. The molecular formula is C15H16N2OS. The van der Waals surface area contributed by atoms with Gasteiger partial charge in [-0.15, -0.1) is 11.8 Å². The molecule has 1 aromatic carbocycles. The highest BCUT2D eigenvalue weighted by atomic mass is 32.2. The molecular weight excluding hydrogens is 256 g/mol. The van der Waals surface area contributed by atoms with Crippen LogP contribution in [0.15, 0.2) is 53.7 Å². The van der Waals surface area contributed by atoms with Gasteiger partial charge in [-0.3, -0.25) is 9.78 Å². The molecule has 0 spiro atoms. The SMILES string of the molecule is CCSc1ccccc1C(=O)NCc1ccncc1. The summed E-state index contributed by atoms with van der Waals surface area (Å²) in [6.45, 7) is 2.60. The Morgan fingerprint density at radius 1 is 1.21 bits per heavy atom. The minimum atomic E-state index is -0.0339. The number of carbonyl (C=O) groups is 1. The lowest BCUT2D eigenvalue weighted by Crippen LogP contribution is -2.23. The summed E-state index contributed by atoms with van der Waals surface area (Å²) in [5.41, 5.74) is 1.78. The molecule has 19 heavy (non-hydrogen) atoms. The molecule has 0 aliphatic carbocycles. The third-order valence-electron chi connectivity index (χ3n) is 2.63. The largest absolute Gasteiger partial charge is 0.348 e. The molecule has 0 saturated heterocycles. The summed E-state index contributed by atoms with van der Waals surface area (Å²) in [6, 6.07) is 11.5. The lowest BCUT2D eigenvalue weighted by Gasteiger charge is -2.09. The monoisotopic (exact) mass is 272 g/mol. The molecule has 0 radical (unpaired) electrons. The van der Waals surface area contributed by atoms with E-state index in [1.54, 1.807) is 24.2 Å². The van der Waals surface area contributed by atoms with Crippen molar-refractivity contribution in [2.75, 3.05) is 5.75 Å². The van der Waals surface area contributed by atoms with Crippen LogP contribution in [0.4, 0.5) is 0 Å². The van der Waals surface area contributed by atoms with Gasteiger partial charge >= 0.3 is 0 Å². The molecule has 2 aromatic rings. The predicted molar refractivity (Wildman–Crippen MR) is 78.2 cm³/mol. The topological polar surface area (TPSA) is 42.0 Å². The molecule has 4 heteroatoms. The highest BCUT2D eigenvalue weighted by Crippen LogP contribution is 2.22. The van der Waals surface area contributed by atoms with Gasteiger partial charge in [-0.1, -0.05) is 19.1 Å². The van der Waals surface area contributed by atoms with Gasteiger partial charge in [0.05, 0.1) is 5.56 Å². The summed E-state index contributed by atoms with van der Waals surface area (Å²) < 4.78 is 0. The zero-order valence-corrected chi connectivity index (χ0v) is 11.6. The third kappa shape index (κ3) is 3.83. The van der Waals surface area contributed by atoms with Crippen LogP contribution in [0.3, 0.4) is 0 Å². The van der Waals surface area contributed by atoms with Crippen LogP contribution in [0.25, 0.3) is 0 Å². The Balaban J connectivity index is 2.04. The van der Waals surface area contributed by atoms with Crippen molar-refractivity contribution in [3.05, 3.63) is 59.9 Å². The number of thioether (sulfide) groups is 1. The number of rotatable bonds is 5. The molecule has 1 heterocycles. The van der Waals surface area contributed by atoms with Crippen molar-refractivity contribution in [1.29, 1.82) is 0 Å². The van der Waals surface area contributed by atoms with Crippen molar-refractivity contribution >= 4 is 17.7 Å². The molecule has 1 N–H and O–H groups in total. The zero-order chi connectivity index (χ0) is 13.5. The molecule has 0 fully saturated rings. The fourth-order valence-corrected chi connectivity index (χ4v) is 2.52. The molecule has 0 aliphatic rings. The van der Waals surface area contributed by atoms with E-state index in [1.165, 1.54) is 0 Å². The van der Waals surface area contributed by atoms with Crippen LogP contribution in [-0.4, -0.2) is 16.6 Å². The van der Waals surface area contributed by atoms with Crippen molar-refractivity contribution in [2.45, 2.75) is 18.4 Å². The van der Waals surface area contributed by atoms with Crippen molar-refractivity contribution in [3.8, 4) is 0 Å². The Morgan fingerprint density at radius 3 is 2.68 bits per heavy atom.